The number of benzene rings is 1. The molecule has 1 aliphatic rings. The van der Waals surface area contributed by atoms with Gasteiger partial charge in [-0.15, -0.1) is 0 Å². The molecule has 128 valence electrons. The van der Waals surface area contributed by atoms with Gasteiger partial charge >= 0.3 is 6.03 Å². The number of carbonyl (C=O) groups excluding carboxylic acids is 1. The topological polar surface area (TPSA) is 50.4 Å². The van der Waals surface area contributed by atoms with Crippen molar-refractivity contribution in [2.75, 3.05) is 13.2 Å². The number of nitrogens with one attached hydrogen (secondary N) is 2. The highest BCUT2D eigenvalue weighted by Crippen LogP contribution is 2.23. The molecule has 1 aromatic carbocycles. The van der Waals surface area contributed by atoms with Crippen LogP contribution >= 0.6 is 0 Å². The fourth-order valence-electron chi connectivity index (χ4n) is 3.23. The van der Waals surface area contributed by atoms with E-state index in [4.69, 9.17) is 4.74 Å². The van der Waals surface area contributed by atoms with Gasteiger partial charge < -0.3 is 15.4 Å². The van der Waals surface area contributed by atoms with Crippen molar-refractivity contribution in [3.8, 4) is 5.75 Å². The minimum Gasteiger partial charge on any atom is -0.493 e. The maximum Gasteiger partial charge on any atom is 0.315 e. The summed E-state index contributed by atoms with van der Waals surface area (Å²) in [5.41, 5.74) is 2.31. The zero-order valence-electron chi connectivity index (χ0n) is 14.7. The van der Waals surface area contributed by atoms with E-state index in [9.17, 15) is 4.79 Å². The van der Waals surface area contributed by atoms with Crippen molar-refractivity contribution in [3.63, 3.8) is 0 Å². The second kappa shape index (κ2) is 8.80. The molecule has 0 heterocycles. The quantitative estimate of drug-likeness (QED) is 0.780. The highest BCUT2D eigenvalue weighted by molar-refractivity contribution is 5.74. The standard InChI is InChI=1S/C19H30N2O2/c1-14-8-4-5-11-17(14)21-19(22)20-12-7-13-23-18-15(2)9-6-10-16(18)3/h6,9-10,14,17H,4-5,7-8,11-13H2,1-3H3,(H2,20,21,22). The molecule has 2 N–H and O–H groups in total. The fourth-order valence-corrected chi connectivity index (χ4v) is 3.23. The van der Waals surface area contributed by atoms with Gasteiger partial charge in [0.15, 0.2) is 0 Å². The molecule has 1 aliphatic carbocycles. The summed E-state index contributed by atoms with van der Waals surface area (Å²) in [5, 5.41) is 6.04. The van der Waals surface area contributed by atoms with E-state index in [2.05, 4.69) is 43.5 Å². The minimum absolute atomic E-state index is 0.0455. The van der Waals surface area contributed by atoms with E-state index >= 15 is 0 Å². The van der Waals surface area contributed by atoms with E-state index in [1.165, 1.54) is 19.3 Å². The van der Waals surface area contributed by atoms with E-state index < -0.39 is 0 Å². The fraction of sp³-hybridized carbons (Fsp3) is 0.632. The van der Waals surface area contributed by atoms with Gasteiger partial charge in [-0.2, -0.15) is 0 Å². The molecule has 0 radical (unpaired) electrons. The third kappa shape index (κ3) is 5.45. The number of urea groups is 1. The Morgan fingerprint density at radius 1 is 1.22 bits per heavy atom. The summed E-state index contributed by atoms with van der Waals surface area (Å²) in [6.45, 7) is 7.59. The maximum absolute atomic E-state index is 11.9. The van der Waals surface area contributed by atoms with Crippen LogP contribution in [0.2, 0.25) is 0 Å². The van der Waals surface area contributed by atoms with Gasteiger partial charge in [0.05, 0.1) is 6.61 Å². The first-order valence-corrected chi connectivity index (χ1v) is 8.81. The Morgan fingerprint density at radius 2 is 1.91 bits per heavy atom. The van der Waals surface area contributed by atoms with Crippen LogP contribution in [-0.2, 0) is 0 Å². The number of amides is 2. The van der Waals surface area contributed by atoms with Gasteiger partial charge in [0.1, 0.15) is 5.75 Å². The average Bonchev–Trinajstić information content (AvgIpc) is 2.52. The molecule has 2 rings (SSSR count). The van der Waals surface area contributed by atoms with Gasteiger partial charge in [0, 0.05) is 12.6 Å². The van der Waals surface area contributed by atoms with E-state index in [1.54, 1.807) is 0 Å². The molecule has 4 nitrogen and oxygen atoms in total. The molecule has 0 aliphatic heterocycles. The van der Waals surface area contributed by atoms with Gasteiger partial charge in [-0.05, 0) is 50.2 Å². The van der Waals surface area contributed by atoms with Crippen molar-refractivity contribution >= 4 is 6.03 Å². The second-order valence-corrected chi connectivity index (χ2v) is 6.69. The lowest BCUT2D eigenvalue weighted by atomic mass is 9.86. The smallest absolute Gasteiger partial charge is 0.315 e. The van der Waals surface area contributed by atoms with Crippen molar-refractivity contribution < 1.29 is 9.53 Å². The van der Waals surface area contributed by atoms with Crippen LogP contribution in [0, 0.1) is 19.8 Å². The number of ether oxygens (including phenoxy) is 1. The van der Waals surface area contributed by atoms with Crippen LogP contribution in [0.15, 0.2) is 18.2 Å². The van der Waals surface area contributed by atoms with Crippen LogP contribution in [0.3, 0.4) is 0 Å². The third-order valence-electron chi connectivity index (χ3n) is 4.69. The number of rotatable bonds is 6. The van der Waals surface area contributed by atoms with E-state index in [0.29, 0.717) is 25.1 Å². The highest BCUT2D eigenvalue weighted by Gasteiger charge is 2.22. The molecular formula is C19H30N2O2. The molecule has 0 aromatic heterocycles. The summed E-state index contributed by atoms with van der Waals surface area (Å²) in [6, 6.07) is 6.43. The van der Waals surface area contributed by atoms with Crippen LogP contribution in [0.4, 0.5) is 4.79 Å². The predicted molar refractivity (Wildman–Crippen MR) is 94.0 cm³/mol. The summed E-state index contributed by atoms with van der Waals surface area (Å²) < 4.78 is 5.84. The Hall–Kier alpha value is -1.71. The molecule has 1 aromatic rings. The second-order valence-electron chi connectivity index (χ2n) is 6.69. The predicted octanol–water partition coefficient (Wildman–Crippen LogP) is 3.95. The lowest BCUT2D eigenvalue weighted by Gasteiger charge is -2.29. The molecule has 0 saturated heterocycles. The SMILES string of the molecule is Cc1cccc(C)c1OCCCNC(=O)NC1CCCCC1C. The molecule has 23 heavy (non-hydrogen) atoms. The Balaban J connectivity index is 1.62. The van der Waals surface area contributed by atoms with Crippen LogP contribution in [0.1, 0.15) is 50.2 Å². The number of aryl methyl sites for hydroxylation is 2. The molecule has 2 atom stereocenters. The summed E-state index contributed by atoms with van der Waals surface area (Å²) in [4.78, 5) is 11.9. The molecular weight excluding hydrogens is 288 g/mol. The lowest BCUT2D eigenvalue weighted by molar-refractivity contribution is 0.220. The van der Waals surface area contributed by atoms with Crippen molar-refractivity contribution in [2.45, 2.75) is 58.9 Å². The summed E-state index contributed by atoms with van der Waals surface area (Å²) in [5.74, 6) is 1.55. The number of hydrogen-bond donors (Lipinski definition) is 2. The Bertz CT molecular complexity index is 496. The molecule has 0 bridgehead atoms. The maximum atomic E-state index is 11.9. The summed E-state index contributed by atoms with van der Waals surface area (Å²) in [7, 11) is 0. The lowest BCUT2D eigenvalue weighted by Crippen LogP contribution is -2.46. The first-order chi connectivity index (χ1) is 11.1. The normalized spacial score (nSPS) is 20.8. The largest absolute Gasteiger partial charge is 0.493 e. The zero-order chi connectivity index (χ0) is 16.7. The van der Waals surface area contributed by atoms with E-state index in [1.807, 2.05) is 6.07 Å². The Kier molecular flexibility index (Phi) is 6.75. The zero-order valence-corrected chi connectivity index (χ0v) is 14.7. The van der Waals surface area contributed by atoms with Gasteiger partial charge in [-0.3, -0.25) is 0 Å². The van der Waals surface area contributed by atoms with E-state index in [-0.39, 0.29) is 6.03 Å². The van der Waals surface area contributed by atoms with Gasteiger partial charge in [-0.25, -0.2) is 4.79 Å². The van der Waals surface area contributed by atoms with Crippen LogP contribution in [0.5, 0.6) is 5.75 Å². The van der Waals surface area contributed by atoms with Crippen LogP contribution in [0.25, 0.3) is 0 Å². The third-order valence-corrected chi connectivity index (χ3v) is 4.69. The summed E-state index contributed by atoms with van der Waals surface area (Å²) >= 11 is 0. The molecule has 2 amide bonds. The van der Waals surface area contributed by atoms with Crippen molar-refractivity contribution in [1.29, 1.82) is 0 Å². The van der Waals surface area contributed by atoms with Crippen molar-refractivity contribution in [1.82, 2.24) is 10.6 Å². The van der Waals surface area contributed by atoms with Crippen LogP contribution < -0.4 is 15.4 Å². The average molecular weight is 318 g/mol. The molecule has 2 unspecified atom stereocenters. The molecule has 0 spiro atoms. The molecule has 1 saturated carbocycles. The van der Waals surface area contributed by atoms with Crippen molar-refractivity contribution in [3.05, 3.63) is 29.3 Å². The van der Waals surface area contributed by atoms with Gasteiger partial charge in [0.25, 0.3) is 0 Å². The monoisotopic (exact) mass is 318 g/mol. The van der Waals surface area contributed by atoms with Crippen molar-refractivity contribution in [2.24, 2.45) is 5.92 Å². The highest BCUT2D eigenvalue weighted by atomic mass is 16.5. The Labute approximate surface area is 140 Å². The Morgan fingerprint density at radius 3 is 2.61 bits per heavy atom. The number of para-hydroxylation sites is 1. The first-order valence-electron chi connectivity index (χ1n) is 8.81. The summed E-state index contributed by atoms with van der Waals surface area (Å²) in [6.07, 6.45) is 5.63. The van der Waals surface area contributed by atoms with E-state index in [0.717, 1.165) is 29.7 Å². The minimum atomic E-state index is -0.0455. The first kappa shape index (κ1) is 17.6. The van der Waals surface area contributed by atoms with Gasteiger partial charge in [0.2, 0.25) is 0 Å². The molecule has 4 heteroatoms. The number of hydrogen-bond acceptors (Lipinski definition) is 2. The van der Waals surface area contributed by atoms with Crippen LogP contribution in [-0.4, -0.2) is 25.2 Å². The molecule has 1 fully saturated rings. The number of carbonyl (C=O) groups is 1. The van der Waals surface area contributed by atoms with Gasteiger partial charge in [-0.1, -0.05) is 38.0 Å².